The molecular formula is C16H19BrO4. The van der Waals surface area contributed by atoms with Crippen LogP contribution in [0.4, 0.5) is 0 Å². The monoisotopic (exact) mass is 354 g/mol. The maximum absolute atomic E-state index is 12.0. The number of hydrogen-bond acceptors (Lipinski definition) is 4. The lowest BCUT2D eigenvalue weighted by atomic mass is 10.1. The number of carbonyl (C=O) groups excluding carboxylic acids is 2. The van der Waals surface area contributed by atoms with Gasteiger partial charge in [0.25, 0.3) is 0 Å². The summed E-state index contributed by atoms with van der Waals surface area (Å²) < 4.78 is 9.97. The molecule has 0 amide bonds. The molecule has 0 radical (unpaired) electrons. The summed E-state index contributed by atoms with van der Waals surface area (Å²) in [4.78, 5) is 23.4. The second-order valence-electron chi connectivity index (χ2n) is 5.42. The van der Waals surface area contributed by atoms with Gasteiger partial charge in [-0.3, -0.25) is 0 Å². The first kappa shape index (κ1) is 17.4. The molecule has 0 unspecified atom stereocenters. The van der Waals surface area contributed by atoms with Gasteiger partial charge in [0.15, 0.2) is 0 Å². The first-order chi connectivity index (χ1) is 9.76. The smallest absolute Gasteiger partial charge is 0.337 e. The third-order valence-corrected chi connectivity index (χ3v) is 3.08. The van der Waals surface area contributed by atoms with Crippen molar-refractivity contribution < 1.29 is 19.1 Å². The fourth-order valence-electron chi connectivity index (χ4n) is 1.53. The number of hydrogen-bond donors (Lipinski definition) is 0. The van der Waals surface area contributed by atoms with Crippen molar-refractivity contribution in [2.24, 2.45) is 0 Å². The van der Waals surface area contributed by atoms with Crippen LogP contribution in [-0.2, 0) is 14.3 Å². The Morgan fingerprint density at radius 3 is 2.19 bits per heavy atom. The topological polar surface area (TPSA) is 52.6 Å². The van der Waals surface area contributed by atoms with Crippen molar-refractivity contribution in [1.82, 2.24) is 0 Å². The van der Waals surface area contributed by atoms with E-state index in [2.05, 4.69) is 20.7 Å². The lowest BCUT2D eigenvalue weighted by Gasteiger charge is -2.20. The van der Waals surface area contributed by atoms with Gasteiger partial charge in [-0.05, 0) is 44.5 Å². The van der Waals surface area contributed by atoms with Crippen LogP contribution in [0.15, 0.2) is 29.8 Å². The van der Waals surface area contributed by atoms with Gasteiger partial charge in [-0.15, -0.1) is 0 Å². The summed E-state index contributed by atoms with van der Waals surface area (Å²) in [5, 5.41) is 0.390. The van der Waals surface area contributed by atoms with E-state index in [1.54, 1.807) is 30.3 Å². The highest BCUT2D eigenvalue weighted by Crippen LogP contribution is 2.16. The Hall–Kier alpha value is -1.62. The minimum Gasteiger partial charge on any atom is -0.465 e. The Kier molecular flexibility index (Phi) is 6.15. The van der Waals surface area contributed by atoms with Gasteiger partial charge < -0.3 is 9.47 Å². The summed E-state index contributed by atoms with van der Waals surface area (Å²) >= 11 is 3.29. The zero-order valence-electron chi connectivity index (χ0n) is 12.6. The van der Waals surface area contributed by atoms with E-state index in [1.165, 1.54) is 7.11 Å². The zero-order chi connectivity index (χ0) is 16.0. The van der Waals surface area contributed by atoms with Gasteiger partial charge in [0.2, 0.25) is 0 Å². The maximum atomic E-state index is 12.0. The van der Waals surface area contributed by atoms with Crippen LogP contribution in [0.1, 0.15) is 36.7 Å². The van der Waals surface area contributed by atoms with Crippen LogP contribution >= 0.6 is 15.9 Å². The molecule has 0 saturated carbocycles. The molecule has 1 rings (SSSR count). The molecule has 4 nitrogen and oxygen atoms in total. The van der Waals surface area contributed by atoms with E-state index in [1.807, 2.05) is 20.8 Å². The molecule has 21 heavy (non-hydrogen) atoms. The van der Waals surface area contributed by atoms with Crippen LogP contribution in [0.3, 0.4) is 0 Å². The van der Waals surface area contributed by atoms with Crippen molar-refractivity contribution in [1.29, 1.82) is 0 Å². The molecule has 114 valence electrons. The van der Waals surface area contributed by atoms with E-state index in [0.29, 0.717) is 16.5 Å². The number of esters is 2. The summed E-state index contributed by atoms with van der Waals surface area (Å²) in [7, 11) is 1.33. The molecule has 0 aliphatic heterocycles. The molecule has 0 aliphatic rings. The second-order valence-corrected chi connectivity index (χ2v) is 5.98. The first-order valence-electron chi connectivity index (χ1n) is 6.45. The van der Waals surface area contributed by atoms with Crippen molar-refractivity contribution in [3.63, 3.8) is 0 Å². The normalized spacial score (nSPS) is 12.0. The van der Waals surface area contributed by atoms with Crippen molar-refractivity contribution >= 4 is 33.9 Å². The van der Waals surface area contributed by atoms with Crippen molar-refractivity contribution in [3.8, 4) is 0 Å². The quantitative estimate of drug-likeness (QED) is 0.471. The van der Waals surface area contributed by atoms with Gasteiger partial charge in [0.05, 0.1) is 12.7 Å². The molecule has 0 atom stereocenters. The van der Waals surface area contributed by atoms with E-state index >= 15 is 0 Å². The second kappa shape index (κ2) is 7.41. The third-order valence-electron chi connectivity index (χ3n) is 2.48. The van der Waals surface area contributed by atoms with Crippen LogP contribution in [0, 0.1) is 0 Å². The molecule has 5 heteroatoms. The van der Waals surface area contributed by atoms with Gasteiger partial charge in [-0.1, -0.05) is 28.1 Å². The van der Waals surface area contributed by atoms with Gasteiger partial charge in [-0.2, -0.15) is 0 Å². The standard InChI is InChI=1S/C16H19BrO4/c1-16(2,3)21-15(19)13(10-17)9-11-5-7-12(8-6-11)14(18)20-4/h5-9H,10H2,1-4H3. The molecule has 0 fully saturated rings. The molecule has 1 aromatic carbocycles. The number of benzene rings is 1. The predicted molar refractivity (Wildman–Crippen MR) is 85.4 cm³/mol. The first-order valence-corrected chi connectivity index (χ1v) is 7.57. The van der Waals surface area contributed by atoms with Gasteiger partial charge in [-0.25, -0.2) is 9.59 Å². The number of carbonyl (C=O) groups is 2. The molecule has 0 N–H and O–H groups in total. The van der Waals surface area contributed by atoms with E-state index in [9.17, 15) is 9.59 Å². The van der Waals surface area contributed by atoms with Gasteiger partial charge in [0.1, 0.15) is 5.60 Å². The van der Waals surface area contributed by atoms with Crippen molar-refractivity contribution in [2.75, 3.05) is 12.4 Å². The molecular weight excluding hydrogens is 336 g/mol. The average molecular weight is 355 g/mol. The summed E-state index contributed by atoms with van der Waals surface area (Å²) in [5.41, 5.74) is 1.25. The van der Waals surface area contributed by atoms with E-state index in [0.717, 1.165) is 5.56 Å². The molecule has 0 aliphatic carbocycles. The van der Waals surface area contributed by atoms with Crippen LogP contribution in [0.2, 0.25) is 0 Å². The van der Waals surface area contributed by atoms with Crippen molar-refractivity contribution in [3.05, 3.63) is 41.0 Å². The summed E-state index contributed by atoms with van der Waals surface area (Å²) in [6.45, 7) is 5.46. The average Bonchev–Trinajstić information content (AvgIpc) is 2.42. The maximum Gasteiger partial charge on any atom is 0.337 e. The summed E-state index contributed by atoms with van der Waals surface area (Å²) in [6, 6.07) is 6.80. The number of halogens is 1. The molecule has 0 saturated heterocycles. The fraction of sp³-hybridized carbons (Fsp3) is 0.375. The highest BCUT2D eigenvalue weighted by Gasteiger charge is 2.19. The molecule has 1 aromatic rings. The van der Waals surface area contributed by atoms with Gasteiger partial charge in [0, 0.05) is 10.9 Å². The number of methoxy groups -OCH3 is 1. The predicted octanol–water partition coefficient (Wildman–Crippen LogP) is 3.59. The minimum atomic E-state index is -0.535. The summed E-state index contributed by atoms with van der Waals surface area (Å²) in [5.74, 6) is -0.755. The Bertz CT molecular complexity index is 538. The van der Waals surface area contributed by atoms with Gasteiger partial charge >= 0.3 is 11.9 Å². The van der Waals surface area contributed by atoms with E-state index in [-0.39, 0.29) is 5.97 Å². The number of rotatable bonds is 4. The molecule has 0 heterocycles. The SMILES string of the molecule is COC(=O)c1ccc(C=C(CBr)C(=O)OC(C)(C)C)cc1. The van der Waals surface area contributed by atoms with E-state index in [4.69, 9.17) is 4.74 Å². The molecule has 0 aromatic heterocycles. The fourth-order valence-corrected chi connectivity index (χ4v) is 1.92. The Labute approximate surface area is 133 Å². The lowest BCUT2D eigenvalue weighted by molar-refractivity contribution is -0.149. The molecule has 0 spiro atoms. The number of ether oxygens (including phenoxy) is 2. The van der Waals surface area contributed by atoms with Crippen LogP contribution < -0.4 is 0 Å². The van der Waals surface area contributed by atoms with Crippen molar-refractivity contribution in [2.45, 2.75) is 26.4 Å². The zero-order valence-corrected chi connectivity index (χ0v) is 14.2. The third kappa shape index (κ3) is 5.71. The number of alkyl halides is 1. The molecule has 0 bridgehead atoms. The Morgan fingerprint density at radius 1 is 1.19 bits per heavy atom. The van der Waals surface area contributed by atoms with Crippen LogP contribution in [0.25, 0.3) is 6.08 Å². The highest BCUT2D eigenvalue weighted by atomic mass is 79.9. The highest BCUT2D eigenvalue weighted by molar-refractivity contribution is 9.09. The van der Waals surface area contributed by atoms with E-state index < -0.39 is 11.6 Å². The minimum absolute atomic E-state index is 0.364. The van der Waals surface area contributed by atoms with Crippen LogP contribution in [-0.4, -0.2) is 30.0 Å². The lowest BCUT2D eigenvalue weighted by Crippen LogP contribution is -2.25. The Morgan fingerprint density at radius 2 is 1.76 bits per heavy atom. The summed E-state index contributed by atoms with van der Waals surface area (Å²) in [6.07, 6.45) is 1.73. The van der Waals surface area contributed by atoms with Crippen LogP contribution in [0.5, 0.6) is 0 Å². The Balaban J connectivity index is 2.93. The largest absolute Gasteiger partial charge is 0.465 e.